The van der Waals surface area contributed by atoms with Gasteiger partial charge in [-0.3, -0.25) is 0 Å². The third kappa shape index (κ3) is 4.20. The van der Waals surface area contributed by atoms with Crippen LogP contribution in [0.1, 0.15) is 22.8 Å². The Morgan fingerprint density at radius 3 is 2.40 bits per heavy atom. The average Bonchev–Trinajstić information content (AvgIpc) is 2.68. The van der Waals surface area contributed by atoms with E-state index in [1.165, 1.54) is 6.20 Å². The summed E-state index contributed by atoms with van der Waals surface area (Å²) in [6, 6.07) is 19.6. The fourth-order valence-corrected chi connectivity index (χ4v) is 2.38. The highest BCUT2D eigenvalue weighted by atomic mass is 16.5. The molecule has 5 heteroatoms. The Hall–Kier alpha value is -3.21. The van der Waals surface area contributed by atoms with Gasteiger partial charge in [0.25, 0.3) is 0 Å². The molecule has 0 unspecified atom stereocenters. The van der Waals surface area contributed by atoms with E-state index >= 15 is 0 Å². The number of rotatable bonds is 6. The molecule has 126 valence electrons. The molecule has 0 bridgehead atoms. The van der Waals surface area contributed by atoms with E-state index in [-0.39, 0.29) is 0 Å². The van der Waals surface area contributed by atoms with Crippen molar-refractivity contribution in [3.05, 3.63) is 78.0 Å². The average molecular weight is 333 g/mol. The summed E-state index contributed by atoms with van der Waals surface area (Å²) in [5.74, 6) is 0.595. The Labute approximate surface area is 146 Å². The van der Waals surface area contributed by atoms with Gasteiger partial charge in [0.05, 0.1) is 6.61 Å². The summed E-state index contributed by atoms with van der Waals surface area (Å²) in [7, 11) is 0. The summed E-state index contributed by atoms with van der Waals surface area (Å²) < 4.78 is 5.11. The second-order valence-corrected chi connectivity index (χ2v) is 5.38. The fraction of sp³-hybridized carbons (Fsp3) is 0.150. The van der Waals surface area contributed by atoms with Crippen molar-refractivity contribution < 1.29 is 9.53 Å². The third-order valence-electron chi connectivity index (χ3n) is 3.62. The zero-order chi connectivity index (χ0) is 17.5. The normalized spacial score (nSPS) is 10.3. The van der Waals surface area contributed by atoms with Gasteiger partial charge in [-0.05, 0) is 12.5 Å². The molecule has 1 aromatic heterocycles. The van der Waals surface area contributed by atoms with E-state index in [1.807, 2.05) is 60.7 Å². The highest BCUT2D eigenvalue weighted by Crippen LogP contribution is 2.20. The number of hydrogen-bond acceptors (Lipinski definition) is 5. The monoisotopic (exact) mass is 333 g/mol. The number of anilines is 1. The highest BCUT2D eigenvalue weighted by Gasteiger charge is 2.16. The minimum atomic E-state index is -0.433. The molecule has 1 N–H and O–H groups in total. The molecule has 0 aliphatic rings. The maximum Gasteiger partial charge on any atom is 0.343 e. The molecule has 0 saturated heterocycles. The van der Waals surface area contributed by atoms with E-state index in [0.717, 1.165) is 11.1 Å². The van der Waals surface area contributed by atoms with Crippen LogP contribution >= 0.6 is 0 Å². The van der Waals surface area contributed by atoms with Crippen molar-refractivity contribution in [2.75, 3.05) is 11.9 Å². The van der Waals surface area contributed by atoms with Crippen molar-refractivity contribution in [1.82, 2.24) is 9.97 Å². The van der Waals surface area contributed by atoms with Crippen LogP contribution in [-0.4, -0.2) is 22.5 Å². The molecule has 0 fully saturated rings. The zero-order valence-electron chi connectivity index (χ0n) is 14.0. The minimum absolute atomic E-state index is 0.303. The van der Waals surface area contributed by atoms with Crippen molar-refractivity contribution in [1.29, 1.82) is 0 Å². The zero-order valence-corrected chi connectivity index (χ0v) is 14.0. The van der Waals surface area contributed by atoms with Crippen LogP contribution in [0, 0.1) is 0 Å². The second kappa shape index (κ2) is 8.06. The van der Waals surface area contributed by atoms with Gasteiger partial charge in [0.1, 0.15) is 11.4 Å². The first-order chi connectivity index (χ1) is 12.3. The maximum atomic E-state index is 12.2. The van der Waals surface area contributed by atoms with Gasteiger partial charge in [0.2, 0.25) is 0 Å². The van der Waals surface area contributed by atoms with Crippen LogP contribution in [0.25, 0.3) is 11.4 Å². The number of benzene rings is 2. The van der Waals surface area contributed by atoms with Crippen LogP contribution in [0.2, 0.25) is 0 Å². The molecule has 5 nitrogen and oxygen atoms in total. The van der Waals surface area contributed by atoms with Gasteiger partial charge in [-0.2, -0.15) is 0 Å². The Balaban J connectivity index is 1.91. The SMILES string of the molecule is CCOC(=O)c1cnc(-c2ccccc2)nc1NCc1ccccc1. The van der Waals surface area contributed by atoms with Crippen molar-refractivity contribution in [2.45, 2.75) is 13.5 Å². The molecule has 0 atom stereocenters. The summed E-state index contributed by atoms with van der Waals surface area (Å²) >= 11 is 0. The van der Waals surface area contributed by atoms with Crippen LogP contribution < -0.4 is 5.32 Å². The van der Waals surface area contributed by atoms with Crippen molar-refractivity contribution >= 4 is 11.8 Å². The van der Waals surface area contributed by atoms with E-state index in [2.05, 4.69) is 15.3 Å². The molecule has 0 radical (unpaired) electrons. The number of nitrogens with zero attached hydrogens (tertiary/aromatic N) is 2. The largest absolute Gasteiger partial charge is 0.462 e. The lowest BCUT2D eigenvalue weighted by atomic mass is 10.2. The van der Waals surface area contributed by atoms with Crippen LogP contribution in [-0.2, 0) is 11.3 Å². The fourth-order valence-electron chi connectivity index (χ4n) is 2.38. The van der Waals surface area contributed by atoms with Gasteiger partial charge in [0.15, 0.2) is 5.82 Å². The highest BCUT2D eigenvalue weighted by molar-refractivity contribution is 5.94. The molecular formula is C20H19N3O2. The quantitative estimate of drug-likeness (QED) is 0.692. The number of carbonyl (C=O) groups excluding carboxylic acids is 1. The first-order valence-corrected chi connectivity index (χ1v) is 8.15. The van der Waals surface area contributed by atoms with Gasteiger partial charge in [-0.1, -0.05) is 60.7 Å². The summed E-state index contributed by atoms with van der Waals surface area (Å²) in [5, 5.41) is 3.23. The van der Waals surface area contributed by atoms with Gasteiger partial charge >= 0.3 is 5.97 Å². The van der Waals surface area contributed by atoms with Gasteiger partial charge in [-0.15, -0.1) is 0 Å². The molecular weight excluding hydrogens is 314 g/mol. The molecule has 0 aliphatic heterocycles. The Kier molecular flexibility index (Phi) is 5.36. The second-order valence-electron chi connectivity index (χ2n) is 5.38. The standard InChI is InChI=1S/C20H19N3O2/c1-2-25-20(24)17-14-22-18(16-11-7-4-8-12-16)23-19(17)21-13-15-9-5-3-6-10-15/h3-12,14H,2,13H2,1H3,(H,21,22,23). The lowest BCUT2D eigenvalue weighted by molar-refractivity contribution is 0.0526. The van der Waals surface area contributed by atoms with Crippen LogP contribution in [0.15, 0.2) is 66.9 Å². The molecule has 1 heterocycles. The maximum absolute atomic E-state index is 12.2. The topological polar surface area (TPSA) is 64.1 Å². The van der Waals surface area contributed by atoms with Gasteiger partial charge in [0, 0.05) is 18.3 Å². The Bertz CT molecular complexity index is 836. The molecule has 3 rings (SSSR count). The summed E-state index contributed by atoms with van der Waals surface area (Å²) in [6.45, 7) is 2.63. The molecule has 0 spiro atoms. The van der Waals surface area contributed by atoms with E-state index in [4.69, 9.17) is 4.74 Å². The number of nitrogens with one attached hydrogen (secondary N) is 1. The van der Waals surface area contributed by atoms with Gasteiger partial charge < -0.3 is 10.1 Å². The number of hydrogen-bond donors (Lipinski definition) is 1. The van der Waals surface area contributed by atoms with Crippen molar-refractivity contribution in [3.8, 4) is 11.4 Å². The summed E-state index contributed by atoms with van der Waals surface area (Å²) in [4.78, 5) is 21.0. The summed E-state index contributed by atoms with van der Waals surface area (Å²) in [5.41, 5.74) is 2.32. The lowest BCUT2D eigenvalue weighted by Gasteiger charge is -2.12. The molecule has 0 amide bonds. The van der Waals surface area contributed by atoms with Crippen LogP contribution in [0.5, 0.6) is 0 Å². The number of esters is 1. The predicted molar refractivity (Wildman–Crippen MR) is 97.2 cm³/mol. The van der Waals surface area contributed by atoms with Crippen LogP contribution in [0.3, 0.4) is 0 Å². The Morgan fingerprint density at radius 1 is 1.04 bits per heavy atom. The lowest BCUT2D eigenvalue weighted by Crippen LogP contribution is -2.13. The van der Waals surface area contributed by atoms with E-state index in [9.17, 15) is 4.79 Å². The first kappa shape index (κ1) is 16.6. The Morgan fingerprint density at radius 2 is 1.72 bits per heavy atom. The summed E-state index contributed by atoms with van der Waals surface area (Å²) in [6.07, 6.45) is 1.51. The molecule has 3 aromatic rings. The third-order valence-corrected chi connectivity index (χ3v) is 3.62. The smallest absolute Gasteiger partial charge is 0.343 e. The predicted octanol–water partition coefficient (Wildman–Crippen LogP) is 3.93. The van der Waals surface area contributed by atoms with Gasteiger partial charge in [-0.25, -0.2) is 14.8 Å². The number of carbonyl (C=O) groups is 1. The van der Waals surface area contributed by atoms with Crippen molar-refractivity contribution in [3.63, 3.8) is 0 Å². The van der Waals surface area contributed by atoms with E-state index < -0.39 is 5.97 Å². The first-order valence-electron chi connectivity index (χ1n) is 8.15. The molecule has 0 saturated carbocycles. The van der Waals surface area contributed by atoms with E-state index in [1.54, 1.807) is 6.92 Å². The van der Waals surface area contributed by atoms with E-state index in [0.29, 0.717) is 30.4 Å². The molecule has 0 aliphatic carbocycles. The minimum Gasteiger partial charge on any atom is -0.462 e. The number of ether oxygens (including phenoxy) is 1. The van der Waals surface area contributed by atoms with Crippen LogP contribution in [0.4, 0.5) is 5.82 Å². The molecule has 25 heavy (non-hydrogen) atoms. The number of aromatic nitrogens is 2. The van der Waals surface area contributed by atoms with Crippen molar-refractivity contribution in [2.24, 2.45) is 0 Å². The molecule has 2 aromatic carbocycles.